The molecule has 1 saturated carbocycles. The van der Waals surface area contributed by atoms with Crippen molar-refractivity contribution in [3.63, 3.8) is 0 Å². The monoisotopic (exact) mass is 493 g/mol. The van der Waals surface area contributed by atoms with Crippen molar-refractivity contribution in [1.82, 2.24) is 14.6 Å². The number of H-pyrrole nitrogens is 1. The molecule has 1 aromatic heterocycles. The maximum Gasteiger partial charge on any atom is 0.214 e. The maximum absolute atomic E-state index is 12.9. The van der Waals surface area contributed by atoms with Crippen molar-refractivity contribution < 1.29 is 8.42 Å². The molecular weight excluding hydrogens is 454 g/mol. The van der Waals surface area contributed by atoms with E-state index >= 15 is 0 Å². The van der Waals surface area contributed by atoms with Crippen LogP contribution in [0.25, 0.3) is 22.0 Å². The molecule has 2 aromatic carbocycles. The van der Waals surface area contributed by atoms with E-state index in [1.807, 2.05) is 0 Å². The van der Waals surface area contributed by atoms with Gasteiger partial charge in [0.05, 0.1) is 5.75 Å². The Labute approximate surface area is 210 Å². The third kappa shape index (κ3) is 5.65. The molecule has 0 radical (unpaired) electrons. The highest BCUT2D eigenvalue weighted by atomic mass is 32.2. The maximum atomic E-state index is 12.9. The van der Waals surface area contributed by atoms with E-state index < -0.39 is 10.0 Å². The van der Waals surface area contributed by atoms with Gasteiger partial charge in [-0.25, -0.2) is 12.7 Å². The first-order valence-corrected chi connectivity index (χ1v) is 15.1. The minimum Gasteiger partial charge on any atom is -0.361 e. The normalized spacial score (nSPS) is 18.5. The fraction of sp³-hybridized carbons (Fsp3) is 0.517. The van der Waals surface area contributed by atoms with Crippen LogP contribution in [-0.4, -0.2) is 49.1 Å². The Kier molecular flexibility index (Phi) is 7.61. The first-order valence-electron chi connectivity index (χ1n) is 13.4. The second-order valence-electron chi connectivity index (χ2n) is 10.3. The number of benzene rings is 2. The van der Waals surface area contributed by atoms with Crippen LogP contribution in [0.15, 0.2) is 48.7 Å². The van der Waals surface area contributed by atoms with Crippen LogP contribution in [-0.2, 0) is 16.4 Å². The van der Waals surface area contributed by atoms with Crippen LogP contribution in [0.1, 0.15) is 68.9 Å². The number of hydrogen-bond acceptors (Lipinski definition) is 3. The minimum atomic E-state index is -3.18. The van der Waals surface area contributed by atoms with E-state index in [1.165, 1.54) is 53.3 Å². The summed E-state index contributed by atoms with van der Waals surface area (Å²) in [4.78, 5) is 3.44. The molecule has 0 spiro atoms. The Morgan fingerprint density at radius 1 is 0.971 bits per heavy atom. The largest absolute Gasteiger partial charge is 0.361 e. The van der Waals surface area contributed by atoms with Crippen LogP contribution in [0.4, 0.5) is 0 Å². The predicted molar refractivity (Wildman–Crippen MR) is 145 cm³/mol. The van der Waals surface area contributed by atoms with Gasteiger partial charge < -0.3 is 10.3 Å². The minimum absolute atomic E-state index is 0.255. The van der Waals surface area contributed by atoms with Crippen molar-refractivity contribution in [2.45, 2.75) is 70.3 Å². The van der Waals surface area contributed by atoms with Gasteiger partial charge in [0.25, 0.3) is 0 Å². The predicted octanol–water partition coefficient (Wildman–Crippen LogP) is 5.83. The Morgan fingerprint density at radius 3 is 2.40 bits per heavy atom. The van der Waals surface area contributed by atoms with Crippen molar-refractivity contribution in [3.8, 4) is 11.1 Å². The van der Waals surface area contributed by atoms with Crippen molar-refractivity contribution in [2.24, 2.45) is 0 Å². The standard InChI is InChI=1S/C29H39N3O2S/c1-2-22-8-10-23(11-9-22)25-12-13-29-27(20-25)28(21-31-29)24-14-17-32(18-15-24)35(33,34)19-5-16-30-26-6-3-4-7-26/h8-13,20-21,24,26,30-31H,2-7,14-19H2,1H3. The van der Waals surface area contributed by atoms with E-state index in [0.717, 1.165) is 31.3 Å². The SMILES string of the molecule is CCc1ccc(-c2ccc3[nH]cc(C4CCN(S(=O)(=O)CCCNC5CCCC5)CC4)c3c2)cc1. The molecule has 0 atom stereocenters. The van der Waals surface area contributed by atoms with Crippen molar-refractivity contribution >= 4 is 20.9 Å². The van der Waals surface area contributed by atoms with E-state index in [1.54, 1.807) is 4.31 Å². The number of fused-ring (bicyclic) bond motifs is 1. The highest BCUT2D eigenvalue weighted by Gasteiger charge is 2.29. The number of rotatable bonds is 9. The highest BCUT2D eigenvalue weighted by molar-refractivity contribution is 7.89. The molecule has 5 nitrogen and oxygen atoms in total. The van der Waals surface area contributed by atoms with Gasteiger partial charge in [-0.3, -0.25) is 0 Å². The van der Waals surface area contributed by atoms with Gasteiger partial charge >= 0.3 is 0 Å². The van der Waals surface area contributed by atoms with E-state index in [9.17, 15) is 8.42 Å². The lowest BCUT2D eigenvalue weighted by atomic mass is 9.89. The molecule has 2 aliphatic rings. The van der Waals surface area contributed by atoms with Crippen LogP contribution >= 0.6 is 0 Å². The molecule has 2 fully saturated rings. The van der Waals surface area contributed by atoms with E-state index in [0.29, 0.717) is 31.5 Å². The molecule has 188 valence electrons. The lowest BCUT2D eigenvalue weighted by molar-refractivity contribution is 0.320. The summed E-state index contributed by atoms with van der Waals surface area (Å²) < 4.78 is 27.6. The molecule has 3 aromatic rings. The summed E-state index contributed by atoms with van der Waals surface area (Å²) in [5.74, 6) is 0.641. The first kappa shape index (κ1) is 24.5. The molecule has 0 unspecified atom stereocenters. The molecule has 2 N–H and O–H groups in total. The smallest absolute Gasteiger partial charge is 0.214 e. The zero-order valence-corrected chi connectivity index (χ0v) is 21.7. The summed E-state index contributed by atoms with van der Waals surface area (Å²) in [5.41, 5.74) is 6.29. The quantitative estimate of drug-likeness (QED) is 0.369. The number of piperidine rings is 1. The molecule has 0 amide bonds. The highest BCUT2D eigenvalue weighted by Crippen LogP contribution is 2.36. The molecule has 1 aliphatic carbocycles. The Balaban J connectivity index is 1.20. The van der Waals surface area contributed by atoms with Crippen LogP contribution in [0, 0.1) is 0 Å². The zero-order chi connectivity index (χ0) is 24.3. The molecule has 1 saturated heterocycles. The zero-order valence-electron chi connectivity index (χ0n) is 20.9. The second-order valence-corrected chi connectivity index (χ2v) is 12.4. The topological polar surface area (TPSA) is 65.2 Å². The summed E-state index contributed by atoms with van der Waals surface area (Å²) in [7, 11) is -3.18. The van der Waals surface area contributed by atoms with E-state index in [2.05, 4.69) is 65.9 Å². The Hall–Kier alpha value is -2.15. The molecule has 35 heavy (non-hydrogen) atoms. The fourth-order valence-corrected chi connectivity index (χ4v) is 7.39. The van der Waals surface area contributed by atoms with Crippen molar-refractivity contribution in [2.75, 3.05) is 25.4 Å². The van der Waals surface area contributed by atoms with Crippen LogP contribution in [0.5, 0.6) is 0 Å². The van der Waals surface area contributed by atoms with Gasteiger partial charge in [-0.1, -0.05) is 50.1 Å². The van der Waals surface area contributed by atoms with Crippen molar-refractivity contribution in [3.05, 3.63) is 59.8 Å². The van der Waals surface area contributed by atoms with Crippen LogP contribution < -0.4 is 5.32 Å². The van der Waals surface area contributed by atoms with Crippen LogP contribution in [0.2, 0.25) is 0 Å². The molecule has 5 rings (SSSR count). The average molecular weight is 494 g/mol. The number of aryl methyl sites for hydroxylation is 1. The van der Waals surface area contributed by atoms with Gasteiger partial charge in [0.15, 0.2) is 0 Å². The third-order valence-electron chi connectivity index (χ3n) is 8.06. The van der Waals surface area contributed by atoms with E-state index in [-0.39, 0.29) is 5.75 Å². The lowest BCUT2D eigenvalue weighted by Crippen LogP contribution is -2.40. The number of hydrogen-bond donors (Lipinski definition) is 2. The Morgan fingerprint density at radius 2 is 1.69 bits per heavy atom. The molecule has 6 heteroatoms. The summed E-state index contributed by atoms with van der Waals surface area (Å²) in [5, 5.41) is 4.80. The fourth-order valence-electron chi connectivity index (χ4n) is 5.86. The average Bonchev–Trinajstić information content (AvgIpc) is 3.56. The van der Waals surface area contributed by atoms with Gasteiger partial charge in [0, 0.05) is 36.2 Å². The molecule has 0 bridgehead atoms. The van der Waals surface area contributed by atoms with Gasteiger partial charge in [-0.05, 0) is 85.4 Å². The molecular formula is C29H39N3O2S. The summed E-state index contributed by atoms with van der Waals surface area (Å²) in [6.45, 7) is 4.22. The number of sulfonamides is 1. The second kappa shape index (κ2) is 10.9. The van der Waals surface area contributed by atoms with Gasteiger partial charge in [-0.15, -0.1) is 0 Å². The first-order chi connectivity index (χ1) is 17.0. The molecule has 2 heterocycles. The number of aromatic amines is 1. The Bertz CT molecular complexity index is 1220. The van der Waals surface area contributed by atoms with Gasteiger partial charge in [0.2, 0.25) is 10.0 Å². The third-order valence-corrected chi connectivity index (χ3v) is 10.0. The van der Waals surface area contributed by atoms with Gasteiger partial charge in [0.1, 0.15) is 0 Å². The number of nitrogens with zero attached hydrogens (tertiary/aromatic N) is 1. The number of nitrogens with one attached hydrogen (secondary N) is 2. The summed E-state index contributed by atoms with van der Waals surface area (Å²) in [6, 6.07) is 16.1. The van der Waals surface area contributed by atoms with Crippen molar-refractivity contribution in [1.29, 1.82) is 0 Å². The summed E-state index contributed by atoms with van der Waals surface area (Å²) >= 11 is 0. The number of aromatic nitrogens is 1. The van der Waals surface area contributed by atoms with E-state index in [4.69, 9.17) is 0 Å². The summed E-state index contributed by atoms with van der Waals surface area (Å²) in [6.07, 6.45) is 10.7. The van der Waals surface area contributed by atoms with Gasteiger partial charge in [-0.2, -0.15) is 0 Å². The van der Waals surface area contributed by atoms with Crippen LogP contribution in [0.3, 0.4) is 0 Å². The lowest BCUT2D eigenvalue weighted by Gasteiger charge is -2.31. The molecule has 1 aliphatic heterocycles.